The van der Waals surface area contributed by atoms with Gasteiger partial charge in [-0.2, -0.15) is 9.67 Å². The maximum atomic E-state index is 15.3. The lowest BCUT2D eigenvalue weighted by Crippen LogP contribution is -2.56. The molecule has 1 aromatic carbocycles. The number of nitrogens with zero attached hydrogens (tertiary/aromatic N) is 7. The smallest absolute Gasteiger partial charge is 0.248 e. The van der Waals surface area contributed by atoms with Crippen molar-refractivity contribution in [3.63, 3.8) is 0 Å². The van der Waals surface area contributed by atoms with E-state index in [1.54, 1.807) is 0 Å². The largest absolute Gasteiger partial charge is 0.368 e. The van der Waals surface area contributed by atoms with Crippen molar-refractivity contribution in [2.24, 2.45) is 11.8 Å². The molecule has 2 aliphatic carbocycles. The summed E-state index contributed by atoms with van der Waals surface area (Å²) < 4.78 is 17.7. The summed E-state index contributed by atoms with van der Waals surface area (Å²) >= 11 is 1.54. The van der Waals surface area contributed by atoms with Gasteiger partial charge in [-0.1, -0.05) is 6.42 Å². The average molecular weight is 534 g/mol. The highest BCUT2D eigenvalue weighted by Gasteiger charge is 2.44. The molecule has 38 heavy (non-hydrogen) atoms. The van der Waals surface area contributed by atoms with Gasteiger partial charge < -0.3 is 16.0 Å². The molecular formula is C27H32FN9S. The minimum atomic E-state index is -0.255. The van der Waals surface area contributed by atoms with Crippen molar-refractivity contribution >= 4 is 44.8 Å². The minimum Gasteiger partial charge on any atom is -0.368 e. The lowest BCUT2D eigenvalue weighted by molar-refractivity contribution is 0.0900. The molecular weight excluding hydrogens is 501 g/mol. The van der Waals surface area contributed by atoms with Crippen LogP contribution in [0.4, 0.5) is 27.7 Å². The number of nitrogens with two attached hydrogens (primary N) is 1. The van der Waals surface area contributed by atoms with E-state index >= 15 is 4.39 Å². The Labute approximate surface area is 224 Å². The fourth-order valence-corrected chi connectivity index (χ4v) is 7.89. The second kappa shape index (κ2) is 9.16. The van der Waals surface area contributed by atoms with Gasteiger partial charge in [0.1, 0.15) is 12.1 Å². The van der Waals surface area contributed by atoms with Crippen LogP contribution in [-0.4, -0.2) is 61.4 Å². The number of hydrogen-bond acceptors (Lipinski definition) is 9. The molecule has 7 rings (SSSR count). The Kier molecular flexibility index (Phi) is 5.73. The summed E-state index contributed by atoms with van der Waals surface area (Å²) in [5.74, 6) is 2.60. The Balaban J connectivity index is 1.06. The van der Waals surface area contributed by atoms with Crippen molar-refractivity contribution in [1.29, 1.82) is 0 Å². The molecule has 198 valence electrons. The molecule has 4 aromatic rings. The number of rotatable bonds is 5. The molecule has 2 saturated carbocycles. The van der Waals surface area contributed by atoms with Gasteiger partial charge in [0.25, 0.3) is 0 Å². The van der Waals surface area contributed by atoms with E-state index in [4.69, 9.17) is 5.73 Å². The molecule has 4 heterocycles. The van der Waals surface area contributed by atoms with Gasteiger partial charge in [0.05, 0.1) is 15.9 Å². The van der Waals surface area contributed by atoms with E-state index in [1.807, 2.05) is 24.4 Å². The van der Waals surface area contributed by atoms with E-state index in [0.29, 0.717) is 23.2 Å². The van der Waals surface area contributed by atoms with E-state index in [9.17, 15) is 0 Å². The summed E-state index contributed by atoms with van der Waals surface area (Å²) in [6.07, 6.45) is 7.07. The van der Waals surface area contributed by atoms with Gasteiger partial charge in [-0.15, -0.1) is 16.4 Å². The first kappa shape index (κ1) is 23.8. The van der Waals surface area contributed by atoms with Gasteiger partial charge in [-0.3, -0.25) is 4.90 Å². The van der Waals surface area contributed by atoms with Crippen LogP contribution in [0.15, 0.2) is 29.9 Å². The molecule has 3 aromatic heterocycles. The number of piperazine rings is 1. The summed E-state index contributed by atoms with van der Waals surface area (Å²) in [6.45, 7) is 6.98. The van der Waals surface area contributed by atoms with E-state index in [0.717, 1.165) is 53.3 Å². The molecule has 2 bridgehead atoms. The van der Waals surface area contributed by atoms with Gasteiger partial charge in [0, 0.05) is 37.4 Å². The lowest BCUT2D eigenvalue weighted by Gasteiger charge is -2.46. The normalized spacial score (nSPS) is 25.5. The molecule has 3 N–H and O–H groups in total. The number of halogens is 1. The summed E-state index contributed by atoms with van der Waals surface area (Å²) in [7, 11) is 0. The molecule has 0 radical (unpaired) electrons. The maximum Gasteiger partial charge on any atom is 0.248 e. The number of thiophene rings is 1. The molecule has 4 atom stereocenters. The predicted molar refractivity (Wildman–Crippen MR) is 149 cm³/mol. The average Bonchev–Trinajstić information content (AvgIpc) is 3.69. The third-order valence-electron chi connectivity index (χ3n) is 8.70. The molecule has 1 aliphatic heterocycles. The first-order valence-corrected chi connectivity index (χ1v) is 14.3. The summed E-state index contributed by atoms with van der Waals surface area (Å²) in [5, 5.41) is 9.62. The zero-order valence-corrected chi connectivity index (χ0v) is 22.5. The van der Waals surface area contributed by atoms with Crippen LogP contribution in [0.2, 0.25) is 0 Å². The number of benzene rings is 1. The van der Waals surface area contributed by atoms with Crippen LogP contribution in [-0.2, 0) is 0 Å². The van der Waals surface area contributed by atoms with Crippen LogP contribution in [0.5, 0.6) is 0 Å². The monoisotopic (exact) mass is 533 g/mol. The Morgan fingerprint density at radius 1 is 1.16 bits per heavy atom. The van der Waals surface area contributed by atoms with Crippen LogP contribution in [0.1, 0.15) is 38.2 Å². The zero-order valence-electron chi connectivity index (χ0n) is 21.6. The highest BCUT2D eigenvalue weighted by molar-refractivity contribution is 7.17. The van der Waals surface area contributed by atoms with Crippen molar-refractivity contribution < 1.29 is 4.39 Å². The van der Waals surface area contributed by atoms with Crippen LogP contribution < -0.4 is 16.0 Å². The van der Waals surface area contributed by atoms with Crippen LogP contribution >= 0.6 is 11.3 Å². The lowest BCUT2D eigenvalue weighted by atomic mass is 9.92. The van der Waals surface area contributed by atoms with Gasteiger partial charge >= 0.3 is 0 Å². The molecule has 3 aliphatic rings. The van der Waals surface area contributed by atoms with E-state index in [1.165, 1.54) is 54.1 Å². The fraction of sp³-hybridized carbons (Fsp3) is 0.481. The number of anilines is 4. The maximum absolute atomic E-state index is 15.3. The Bertz CT molecular complexity index is 1500. The Hall–Kier alpha value is -3.31. The molecule has 0 spiro atoms. The second-order valence-corrected chi connectivity index (χ2v) is 11.9. The van der Waals surface area contributed by atoms with E-state index in [-0.39, 0.29) is 17.7 Å². The van der Waals surface area contributed by atoms with Crippen molar-refractivity contribution in [3.05, 3.63) is 41.3 Å². The summed E-state index contributed by atoms with van der Waals surface area (Å²) in [4.78, 5) is 18.0. The van der Waals surface area contributed by atoms with Crippen LogP contribution in [0, 0.1) is 24.6 Å². The quantitative estimate of drug-likeness (QED) is 0.379. The first-order valence-electron chi connectivity index (χ1n) is 13.4. The van der Waals surface area contributed by atoms with Crippen molar-refractivity contribution in [3.8, 4) is 5.82 Å². The summed E-state index contributed by atoms with van der Waals surface area (Å²) in [5.41, 5.74) is 9.32. The van der Waals surface area contributed by atoms with Gasteiger partial charge in [0.15, 0.2) is 5.82 Å². The number of hydrogen-bond donors (Lipinski definition) is 2. The number of aromatic nitrogens is 5. The SMILES string of the molecule is Cc1csc2c(-n3nc(Nc4ccc(N5CCN(C6CC7CCC6C7)C(C)C5)c(F)c4)nc3N)ncnc12. The molecule has 4 unspecified atom stereocenters. The second-order valence-electron chi connectivity index (χ2n) is 11.1. The Morgan fingerprint density at radius 2 is 2.05 bits per heavy atom. The first-order chi connectivity index (χ1) is 18.4. The third kappa shape index (κ3) is 3.99. The topological polar surface area (TPSA) is 101 Å². The van der Waals surface area contributed by atoms with Crippen molar-refractivity contribution in [2.45, 2.75) is 51.6 Å². The molecule has 1 saturated heterocycles. The number of fused-ring (bicyclic) bond motifs is 3. The Morgan fingerprint density at radius 3 is 2.82 bits per heavy atom. The highest BCUT2D eigenvalue weighted by Crippen LogP contribution is 2.47. The van der Waals surface area contributed by atoms with E-state index in [2.05, 4.69) is 42.1 Å². The number of nitrogen functional groups attached to an aromatic ring is 1. The van der Waals surface area contributed by atoms with Gasteiger partial charge in [-0.05, 0) is 74.1 Å². The van der Waals surface area contributed by atoms with Gasteiger partial charge in [-0.25, -0.2) is 14.4 Å². The molecule has 9 nitrogen and oxygen atoms in total. The highest BCUT2D eigenvalue weighted by atomic mass is 32.1. The standard InChI is InChI=1S/C27H32FN9S/c1-15-13-38-24-23(15)30-14-31-25(24)37-26(29)33-27(34-37)32-19-5-6-21(20(28)11-19)35-7-8-36(16(2)12-35)22-10-17-3-4-18(22)9-17/h5-6,11,13-14,16-18,22H,3-4,7-10,12H2,1-2H3,(H3,29,32,33,34). The molecule has 3 fully saturated rings. The molecule has 0 amide bonds. The predicted octanol–water partition coefficient (Wildman–Crippen LogP) is 4.74. The zero-order chi connectivity index (χ0) is 26.0. The van der Waals surface area contributed by atoms with Crippen LogP contribution in [0.25, 0.3) is 16.0 Å². The van der Waals surface area contributed by atoms with Gasteiger partial charge in [0.2, 0.25) is 11.9 Å². The minimum absolute atomic E-state index is 0.193. The van der Waals surface area contributed by atoms with Crippen molar-refractivity contribution in [2.75, 3.05) is 35.6 Å². The fourth-order valence-electron chi connectivity index (χ4n) is 6.91. The van der Waals surface area contributed by atoms with E-state index < -0.39 is 0 Å². The number of aryl methyl sites for hydroxylation is 1. The summed E-state index contributed by atoms with van der Waals surface area (Å²) in [6, 6.07) is 6.37. The number of nitrogens with one attached hydrogen (secondary N) is 1. The third-order valence-corrected chi connectivity index (χ3v) is 9.78. The molecule has 11 heteroatoms. The van der Waals surface area contributed by atoms with Crippen LogP contribution in [0.3, 0.4) is 0 Å². The van der Waals surface area contributed by atoms with Crippen molar-refractivity contribution in [1.82, 2.24) is 29.6 Å².